The van der Waals surface area contributed by atoms with Gasteiger partial charge >= 0.3 is 0 Å². The van der Waals surface area contributed by atoms with E-state index in [1.807, 2.05) is 20.8 Å². The molecule has 0 aromatic heterocycles. The molecule has 8 heteroatoms. The Bertz CT molecular complexity index is 548. The second-order valence-corrected chi connectivity index (χ2v) is 5.66. The fourth-order valence-electron chi connectivity index (χ4n) is 2.08. The fourth-order valence-corrected chi connectivity index (χ4v) is 2.35. The first-order valence-corrected chi connectivity index (χ1v) is 6.89. The predicted octanol–water partition coefficient (Wildman–Crippen LogP) is 2.70. The van der Waals surface area contributed by atoms with Gasteiger partial charge in [0.1, 0.15) is 5.69 Å². The number of carbonyl (C=O) groups excluding carboxylic acids is 1. The van der Waals surface area contributed by atoms with Crippen LogP contribution in [0.2, 0.25) is 5.02 Å². The number of hydrazine groups is 1. The monoisotopic (exact) mass is 314 g/mol. The number of hydrogen-bond donors (Lipinski definition) is 3. The van der Waals surface area contributed by atoms with Gasteiger partial charge in [0.05, 0.1) is 9.95 Å². The topological polar surface area (TPSA) is 110 Å². The van der Waals surface area contributed by atoms with Crippen molar-refractivity contribution in [2.75, 3.05) is 5.43 Å². The molecule has 0 saturated carbocycles. The van der Waals surface area contributed by atoms with E-state index < -0.39 is 10.8 Å². The molecule has 116 valence electrons. The van der Waals surface area contributed by atoms with Crippen molar-refractivity contribution in [3.05, 3.63) is 32.8 Å². The summed E-state index contributed by atoms with van der Waals surface area (Å²) in [5, 5.41) is 13.8. The number of nitro benzene ring substituents is 1. The second kappa shape index (κ2) is 7.24. The Morgan fingerprint density at radius 1 is 1.43 bits per heavy atom. The highest BCUT2D eigenvalue weighted by molar-refractivity contribution is 6.34. The van der Waals surface area contributed by atoms with Crippen LogP contribution in [0.25, 0.3) is 0 Å². The van der Waals surface area contributed by atoms with E-state index in [0.717, 1.165) is 12.5 Å². The molecule has 0 bridgehead atoms. The molecule has 1 amide bonds. The van der Waals surface area contributed by atoms with Gasteiger partial charge in [-0.3, -0.25) is 20.8 Å². The van der Waals surface area contributed by atoms with E-state index in [-0.39, 0.29) is 28.0 Å². The molecule has 21 heavy (non-hydrogen) atoms. The van der Waals surface area contributed by atoms with Gasteiger partial charge in [-0.2, -0.15) is 0 Å². The number of hydrogen-bond acceptors (Lipinski definition) is 5. The number of rotatable bonds is 6. The van der Waals surface area contributed by atoms with Crippen molar-refractivity contribution in [2.45, 2.75) is 33.2 Å². The molecule has 4 N–H and O–H groups in total. The van der Waals surface area contributed by atoms with E-state index in [2.05, 4.69) is 10.7 Å². The lowest BCUT2D eigenvalue weighted by Gasteiger charge is -2.16. The van der Waals surface area contributed by atoms with Crippen LogP contribution < -0.4 is 16.6 Å². The van der Waals surface area contributed by atoms with Crippen LogP contribution in [0.3, 0.4) is 0 Å². The average molecular weight is 315 g/mol. The number of carbonyl (C=O) groups is 1. The molecule has 1 rings (SSSR count). The van der Waals surface area contributed by atoms with Crippen LogP contribution in [0.15, 0.2) is 12.1 Å². The van der Waals surface area contributed by atoms with Crippen LogP contribution in [0, 0.1) is 16.0 Å². The summed E-state index contributed by atoms with van der Waals surface area (Å²) in [5.41, 5.74) is 1.94. The summed E-state index contributed by atoms with van der Waals surface area (Å²) in [6.45, 7) is 5.97. The third-order valence-corrected chi connectivity index (χ3v) is 3.17. The molecule has 1 aromatic rings. The van der Waals surface area contributed by atoms with Gasteiger partial charge in [-0.15, -0.1) is 0 Å². The van der Waals surface area contributed by atoms with Gasteiger partial charge in [-0.05, 0) is 25.3 Å². The van der Waals surface area contributed by atoms with Crippen molar-refractivity contribution in [1.82, 2.24) is 5.32 Å². The summed E-state index contributed by atoms with van der Waals surface area (Å²) in [7, 11) is 0. The average Bonchev–Trinajstić information content (AvgIpc) is 2.36. The smallest absolute Gasteiger partial charge is 0.295 e. The van der Waals surface area contributed by atoms with E-state index in [1.165, 1.54) is 6.07 Å². The van der Waals surface area contributed by atoms with Crippen molar-refractivity contribution in [1.29, 1.82) is 0 Å². The normalized spacial score (nSPS) is 12.1. The largest absolute Gasteiger partial charge is 0.350 e. The molecule has 1 aromatic carbocycles. The van der Waals surface area contributed by atoms with Crippen LogP contribution in [-0.2, 0) is 0 Å². The van der Waals surface area contributed by atoms with Crippen molar-refractivity contribution < 1.29 is 9.72 Å². The Morgan fingerprint density at radius 3 is 2.52 bits per heavy atom. The molecular formula is C13H19ClN4O3. The molecule has 0 radical (unpaired) electrons. The maximum Gasteiger partial charge on any atom is 0.295 e. The highest BCUT2D eigenvalue weighted by atomic mass is 35.5. The molecule has 0 saturated heterocycles. The maximum absolute atomic E-state index is 12.1. The Balaban J connectivity index is 3.03. The SMILES string of the molecule is CC(C)CC(C)NC(=O)c1cc(Cl)c(NN)c([N+](=O)[O-])c1. The quantitative estimate of drug-likeness (QED) is 0.425. The Kier molecular flexibility index (Phi) is 5.92. The first-order valence-electron chi connectivity index (χ1n) is 6.51. The molecule has 1 unspecified atom stereocenters. The number of nitrogens with two attached hydrogens (primary N) is 1. The molecule has 0 spiro atoms. The van der Waals surface area contributed by atoms with Crippen molar-refractivity contribution in [2.24, 2.45) is 11.8 Å². The van der Waals surface area contributed by atoms with Crippen LogP contribution >= 0.6 is 11.6 Å². The van der Waals surface area contributed by atoms with Crippen molar-refractivity contribution in [3.63, 3.8) is 0 Å². The van der Waals surface area contributed by atoms with Crippen LogP contribution in [0.4, 0.5) is 11.4 Å². The predicted molar refractivity (Wildman–Crippen MR) is 82.3 cm³/mol. The fraction of sp³-hybridized carbons (Fsp3) is 0.462. The number of nitro groups is 1. The number of benzene rings is 1. The Morgan fingerprint density at radius 2 is 2.05 bits per heavy atom. The van der Waals surface area contributed by atoms with Crippen LogP contribution in [0.5, 0.6) is 0 Å². The van der Waals surface area contributed by atoms with Crippen molar-refractivity contribution >= 4 is 28.9 Å². The number of amides is 1. The Labute approximate surface area is 128 Å². The summed E-state index contributed by atoms with van der Waals surface area (Å²) < 4.78 is 0. The minimum atomic E-state index is -0.643. The summed E-state index contributed by atoms with van der Waals surface area (Å²) in [6.07, 6.45) is 0.810. The van der Waals surface area contributed by atoms with Gasteiger partial charge in [0, 0.05) is 17.7 Å². The van der Waals surface area contributed by atoms with Crippen LogP contribution in [0.1, 0.15) is 37.6 Å². The van der Waals surface area contributed by atoms with Gasteiger partial charge in [0.2, 0.25) is 0 Å². The lowest BCUT2D eigenvalue weighted by atomic mass is 10.0. The molecule has 0 fully saturated rings. The number of nitrogen functional groups attached to an aromatic ring is 1. The Hall–Kier alpha value is -1.86. The molecule has 0 aliphatic carbocycles. The lowest BCUT2D eigenvalue weighted by molar-refractivity contribution is -0.384. The zero-order valence-electron chi connectivity index (χ0n) is 12.1. The van der Waals surface area contributed by atoms with Gasteiger partial charge in [-0.1, -0.05) is 25.4 Å². The first kappa shape index (κ1) is 17.2. The van der Waals surface area contributed by atoms with E-state index >= 15 is 0 Å². The molecule has 1 atom stereocenters. The number of halogens is 1. The maximum atomic E-state index is 12.1. The van der Waals surface area contributed by atoms with Gasteiger partial charge in [-0.25, -0.2) is 0 Å². The summed E-state index contributed by atoms with van der Waals surface area (Å²) in [4.78, 5) is 22.5. The van der Waals surface area contributed by atoms with E-state index in [4.69, 9.17) is 17.4 Å². The molecule has 0 heterocycles. The zero-order valence-corrected chi connectivity index (χ0v) is 12.9. The molecule has 0 aliphatic rings. The minimum absolute atomic E-state index is 0.0200. The minimum Gasteiger partial charge on any atom is -0.350 e. The van der Waals surface area contributed by atoms with E-state index in [0.29, 0.717) is 5.92 Å². The number of nitrogens with one attached hydrogen (secondary N) is 2. The summed E-state index contributed by atoms with van der Waals surface area (Å²) in [5.74, 6) is 5.24. The summed E-state index contributed by atoms with van der Waals surface area (Å²) >= 11 is 5.92. The second-order valence-electron chi connectivity index (χ2n) is 5.26. The van der Waals surface area contributed by atoms with Gasteiger partial charge in [0.15, 0.2) is 0 Å². The number of nitrogens with zero attached hydrogens (tertiary/aromatic N) is 1. The third kappa shape index (κ3) is 4.57. The van der Waals surface area contributed by atoms with Crippen molar-refractivity contribution in [3.8, 4) is 0 Å². The third-order valence-electron chi connectivity index (χ3n) is 2.88. The van der Waals surface area contributed by atoms with Gasteiger partial charge < -0.3 is 10.7 Å². The molecule has 0 aliphatic heterocycles. The number of anilines is 1. The summed E-state index contributed by atoms with van der Waals surface area (Å²) in [6, 6.07) is 2.46. The van der Waals surface area contributed by atoms with E-state index in [1.54, 1.807) is 0 Å². The van der Waals surface area contributed by atoms with Gasteiger partial charge in [0.25, 0.3) is 11.6 Å². The highest BCUT2D eigenvalue weighted by Gasteiger charge is 2.21. The highest BCUT2D eigenvalue weighted by Crippen LogP contribution is 2.33. The van der Waals surface area contributed by atoms with Crippen LogP contribution in [-0.4, -0.2) is 16.9 Å². The first-order chi connectivity index (χ1) is 9.76. The molecule has 7 nitrogen and oxygen atoms in total. The van der Waals surface area contributed by atoms with E-state index in [9.17, 15) is 14.9 Å². The molecular weight excluding hydrogens is 296 g/mol. The lowest BCUT2D eigenvalue weighted by Crippen LogP contribution is -2.33. The standard InChI is InChI=1S/C13H19ClN4O3/c1-7(2)4-8(3)16-13(19)9-5-10(14)12(17-15)11(6-9)18(20)21/h5-8,17H,4,15H2,1-3H3,(H,16,19). The zero-order chi connectivity index (χ0) is 16.2.